The summed E-state index contributed by atoms with van der Waals surface area (Å²) in [6.45, 7) is 0.727. The summed E-state index contributed by atoms with van der Waals surface area (Å²) >= 11 is 6.01. The van der Waals surface area contributed by atoms with E-state index >= 15 is 0 Å². The predicted molar refractivity (Wildman–Crippen MR) is 86.7 cm³/mol. The number of hydrogen-bond donors (Lipinski definition) is 1. The van der Waals surface area contributed by atoms with Crippen LogP contribution in [-0.2, 0) is 6.42 Å². The molecule has 3 aromatic rings. The second kappa shape index (κ2) is 6.95. The summed E-state index contributed by atoms with van der Waals surface area (Å²) < 4.78 is 0. The first-order valence-corrected chi connectivity index (χ1v) is 7.26. The Balaban J connectivity index is 1.66. The molecule has 0 fully saturated rings. The van der Waals surface area contributed by atoms with Crippen LogP contribution in [0.15, 0.2) is 55.2 Å². The number of hydrogen-bond acceptors (Lipinski definition) is 5. The molecule has 2 heterocycles. The van der Waals surface area contributed by atoms with Crippen LogP contribution in [0.1, 0.15) is 5.69 Å². The third-order valence-electron chi connectivity index (χ3n) is 3.09. The largest absolute Gasteiger partial charge is 0.370 e. The van der Waals surface area contributed by atoms with E-state index in [2.05, 4.69) is 25.3 Å². The molecule has 0 amide bonds. The van der Waals surface area contributed by atoms with Crippen molar-refractivity contribution in [2.75, 3.05) is 11.9 Å². The Labute approximate surface area is 133 Å². The molecule has 0 unspecified atom stereocenters. The lowest BCUT2D eigenvalue weighted by atomic mass is 10.1. The van der Waals surface area contributed by atoms with Crippen molar-refractivity contribution in [3.63, 3.8) is 0 Å². The standard InChI is InChI=1S/C16H14ClN5/c17-13-3-1-2-12(8-13)15-9-16(22-11-21-15)20-5-4-14-10-18-6-7-19-14/h1-3,6-11H,4-5H2,(H,20,21,22). The molecule has 0 aliphatic carbocycles. The monoisotopic (exact) mass is 311 g/mol. The Kier molecular flexibility index (Phi) is 4.56. The number of halogens is 1. The van der Waals surface area contributed by atoms with Gasteiger partial charge in [-0.1, -0.05) is 23.7 Å². The maximum absolute atomic E-state index is 6.01. The van der Waals surface area contributed by atoms with Crippen molar-refractivity contribution in [2.45, 2.75) is 6.42 Å². The Morgan fingerprint density at radius 1 is 1.05 bits per heavy atom. The molecule has 1 aromatic carbocycles. The Hall–Kier alpha value is -2.53. The average molecular weight is 312 g/mol. The quantitative estimate of drug-likeness (QED) is 0.783. The van der Waals surface area contributed by atoms with Crippen LogP contribution >= 0.6 is 11.6 Å². The minimum atomic E-state index is 0.688. The van der Waals surface area contributed by atoms with E-state index in [1.165, 1.54) is 0 Å². The topological polar surface area (TPSA) is 63.6 Å². The summed E-state index contributed by atoms with van der Waals surface area (Å²) in [6, 6.07) is 9.50. The zero-order valence-corrected chi connectivity index (χ0v) is 12.5. The van der Waals surface area contributed by atoms with Crippen LogP contribution in [0.4, 0.5) is 5.82 Å². The van der Waals surface area contributed by atoms with Crippen LogP contribution in [0.25, 0.3) is 11.3 Å². The van der Waals surface area contributed by atoms with E-state index < -0.39 is 0 Å². The lowest BCUT2D eigenvalue weighted by molar-refractivity contribution is 0.933. The summed E-state index contributed by atoms with van der Waals surface area (Å²) in [4.78, 5) is 16.8. The van der Waals surface area contributed by atoms with Crippen LogP contribution in [0.2, 0.25) is 5.02 Å². The molecule has 0 saturated carbocycles. The molecule has 1 N–H and O–H groups in total. The van der Waals surface area contributed by atoms with Crippen molar-refractivity contribution in [3.05, 3.63) is 66.0 Å². The van der Waals surface area contributed by atoms with E-state index in [1.807, 2.05) is 30.3 Å². The van der Waals surface area contributed by atoms with E-state index in [-0.39, 0.29) is 0 Å². The summed E-state index contributed by atoms with van der Waals surface area (Å²) in [5.74, 6) is 0.772. The number of rotatable bonds is 5. The summed E-state index contributed by atoms with van der Waals surface area (Å²) in [5, 5.41) is 3.95. The van der Waals surface area contributed by atoms with Gasteiger partial charge in [-0.2, -0.15) is 0 Å². The van der Waals surface area contributed by atoms with Crippen molar-refractivity contribution < 1.29 is 0 Å². The predicted octanol–water partition coefficient (Wildman–Crippen LogP) is 3.24. The first-order valence-electron chi connectivity index (χ1n) is 6.88. The molecule has 5 nitrogen and oxygen atoms in total. The molecule has 0 spiro atoms. The Morgan fingerprint density at radius 2 is 2.00 bits per heavy atom. The third-order valence-corrected chi connectivity index (χ3v) is 3.33. The maximum atomic E-state index is 6.01. The van der Waals surface area contributed by atoms with Crippen LogP contribution < -0.4 is 5.32 Å². The summed E-state index contributed by atoms with van der Waals surface area (Å²) in [7, 11) is 0. The fourth-order valence-electron chi connectivity index (χ4n) is 2.04. The van der Waals surface area contributed by atoms with E-state index in [0.29, 0.717) is 5.02 Å². The highest BCUT2D eigenvalue weighted by atomic mass is 35.5. The number of benzene rings is 1. The lowest BCUT2D eigenvalue weighted by Crippen LogP contribution is -2.07. The van der Waals surface area contributed by atoms with E-state index in [4.69, 9.17) is 11.6 Å². The van der Waals surface area contributed by atoms with Gasteiger partial charge in [0.15, 0.2) is 0 Å². The molecule has 0 bridgehead atoms. The van der Waals surface area contributed by atoms with E-state index in [0.717, 1.165) is 35.7 Å². The molecular formula is C16H14ClN5. The van der Waals surface area contributed by atoms with Gasteiger partial charge in [0.1, 0.15) is 12.1 Å². The molecule has 0 radical (unpaired) electrons. The van der Waals surface area contributed by atoms with E-state index in [9.17, 15) is 0 Å². The molecule has 3 rings (SSSR count). The number of anilines is 1. The summed E-state index contributed by atoms with van der Waals surface area (Å²) in [5.41, 5.74) is 2.74. The van der Waals surface area contributed by atoms with Crippen LogP contribution in [0.3, 0.4) is 0 Å². The van der Waals surface area contributed by atoms with Crippen molar-refractivity contribution in [1.82, 2.24) is 19.9 Å². The zero-order valence-electron chi connectivity index (χ0n) is 11.8. The van der Waals surface area contributed by atoms with Gasteiger partial charge >= 0.3 is 0 Å². The molecule has 0 aliphatic rings. The SMILES string of the molecule is Clc1cccc(-c2cc(NCCc3cnccn3)ncn2)c1. The van der Waals surface area contributed by atoms with Crippen molar-refractivity contribution in [1.29, 1.82) is 0 Å². The molecule has 0 atom stereocenters. The highest BCUT2D eigenvalue weighted by Crippen LogP contribution is 2.21. The van der Waals surface area contributed by atoms with Crippen LogP contribution in [-0.4, -0.2) is 26.5 Å². The van der Waals surface area contributed by atoms with Crippen molar-refractivity contribution >= 4 is 17.4 Å². The minimum Gasteiger partial charge on any atom is -0.370 e. The normalized spacial score (nSPS) is 10.4. The second-order valence-corrected chi connectivity index (χ2v) is 5.11. The minimum absolute atomic E-state index is 0.688. The van der Waals surface area contributed by atoms with Crippen LogP contribution in [0, 0.1) is 0 Å². The van der Waals surface area contributed by atoms with Crippen molar-refractivity contribution in [3.8, 4) is 11.3 Å². The fraction of sp³-hybridized carbons (Fsp3) is 0.125. The van der Waals surface area contributed by atoms with Gasteiger partial charge in [0.25, 0.3) is 0 Å². The first kappa shape index (κ1) is 14.4. The highest BCUT2D eigenvalue weighted by molar-refractivity contribution is 6.30. The third kappa shape index (κ3) is 3.77. The van der Waals surface area contributed by atoms with Gasteiger partial charge in [0, 0.05) is 48.2 Å². The lowest BCUT2D eigenvalue weighted by Gasteiger charge is -2.07. The maximum Gasteiger partial charge on any atom is 0.129 e. The molecule has 0 saturated heterocycles. The van der Waals surface area contributed by atoms with E-state index in [1.54, 1.807) is 24.9 Å². The highest BCUT2D eigenvalue weighted by Gasteiger charge is 2.03. The Morgan fingerprint density at radius 3 is 2.82 bits per heavy atom. The van der Waals surface area contributed by atoms with Gasteiger partial charge in [-0.25, -0.2) is 9.97 Å². The van der Waals surface area contributed by atoms with Gasteiger partial charge in [0.05, 0.1) is 11.4 Å². The number of aromatic nitrogens is 4. The molecule has 110 valence electrons. The average Bonchev–Trinajstić information content (AvgIpc) is 2.56. The molecular weight excluding hydrogens is 298 g/mol. The van der Waals surface area contributed by atoms with Crippen molar-refractivity contribution in [2.24, 2.45) is 0 Å². The van der Waals surface area contributed by atoms with Crippen LogP contribution in [0.5, 0.6) is 0 Å². The Bertz CT molecular complexity index is 748. The van der Waals surface area contributed by atoms with Gasteiger partial charge < -0.3 is 5.32 Å². The zero-order chi connectivity index (χ0) is 15.2. The number of nitrogens with one attached hydrogen (secondary N) is 1. The molecule has 0 aliphatic heterocycles. The van der Waals surface area contributed by atoms with Gasteiger partial charge in [-0.05, 0) is 12.1 Å². The molecule has 2 aromatic heterocycles. The van der Waals surface area contributed by atoms with Gasteiger partial charge in [-0.3, -0.25) is 9.97 Å². The second-order valence-electron chi connectivity index (χ2n) is 4.67. The molecule has 22 heavy (non-hydrogen) atoms. The van der Waals surface area contributed by atoms with Gasteiger partial charge in [-0.15, -0.1) is 0 Å². The molecule has 6 heteroatoms. The number of nitrogens with zero attached hydrogens (tertiary/aromatic N) is 4. The van der Waals surface area contributed by atoms with Gasteiger partial charge in [0.2, 0.25) is 0 Å². The summed E-state index contributed by atoms with van der Waals surface area (Å²) in [6.07, 6.45) is 7.44. The first-order chi connectivity index (χ1) is 10.8. The smallest absolute Gasteiger partial charge is 0.129 e. The fourth-order valence-corrected chi connectivity index (χ4v) is 2.23.